The van der Waals surface area contributed by atoms with Gasteiger partial charge in [0.15, 0.2) is 0 Å². The highest BCUT2D eigenvalue weighted by atomic mass is 16.6. The summed E-state index contributed by atoms with van der Waals surface area (Å²) in [6.07, 6.45) is 0. The third-order valence-corrected chi connectivity index (χ3v) is 3.85. The molecule has 1 atom stereocenters. The second-order valence-corrected chi connectivity index (χ2v) is 6.07. The quantitative estimate of drug-likeness (QED) is 0.640. The average molecular weight is 346 g/mol. The van der Waals surface area contributed by atoms with E-state index < -0.39 is 10.8 Å². The summed E-state index contributed by atoms with van der Waals surface area (Å²) < 4.78 is 7.03. The molecule has 0 radical (unpaired) electrons. The van der Waals surface area contributed by atoms with Crippen LogP contribution in [0, 0.1) is 30.9 Å². The molecule has 8 heteroatoms. The molecule has 1 N–H and O–H groups in total. The zero-order valence-corrected chi connectivity index (χ0v) is 15.0. The maximum absolute atomic E-state index is 12.4. The molecule has 1 aromatic carbocycles. The number of carbonyl (C=O) groups is 1. The van der Waals surface area contributed by atoms with Gasteiger partial charge in [-0.05, 0) is 38.8 Å². The standard InChI is InChI=1S/C17H22N4O4/c1-10-7-6-8-11(2)16(10)25-9-12(3)18-17(22)15-14(21(23)24)13(4)19-20(15)5/h6-8,12H,9H2,1-5H3,(H,18,22)/t12-/m0/s1. The lowest BCUT2D eigenvalue weighted by molar-refractivity contribution is -0.385. The van der Waals surface area contributed by atoms with Crippen LogP contribution in [0.25, 0.3) is 0 Å². The molecule has 0 bridgehead atoms. The van der Waals surface area contributed by atoms with E-state index in [0.29, 0.717) is 0 Å². The smallest absolute Gasteiger partial charge is 0.322 e. The van der Waals surface area contributed by atoms with Gasteiger partial charge >= 0.3 is 5.69 Å². The summed E-state index contributed by atoms with van der Waals surface area (Å²) in [5.74, 6) is 0.235. The lowest BCUT2D eigenvalue weighted by Crippen LogP contribution is -2.38. The van der Waals surface area contributed by atoms with E-state index in [9.17, 15) is 14.9 Å². The fraction of sp³-hybridized carbons (Fsp3) is 0.412. The van der Waals surface area contributed by atoms with Crippen LogP contribution in [-0.2, 0) is 7.05 Å². The molecule has 1 amide bonds. The van der Waals surface area contributed by atoms with Crippen LogP contribution in [0.1, 0.15) is 34.2 Å². The van der Waals surface area contributed by atoms with Gasteiger partial charge in [-0.25, -0.2) is 0 Å². The fourth-order valence-electron chi connectivity index (χ4n) is 2.69. The number of para-hydroxylation sites is 1. The van der Waals surface area contributed by atoms with E-state index in [-0.39, 0.29) is 29.7 Å². The topological polar surface area (TPSA) is 99.3 Å². The Morgan fingerprint density at radius 1 is 1.36 bits per heavy atom. The van der Waals surface area contributed by atoms with Gasteiger partial charge in [0.05, 0.1) is 11.0 Å². The largest absolute Gasteiger partial charge is 0.491 e. The van der Waals surface area contributed by atoms with Crippen LogP contribution in [0.5, 0.6) is 5.75 Å². The lowest BCUT2D eigenvalue weighted by atomic mass is 10.1. The van der Waals surface area contributed by atoms with Crippen molar-refractivity contribution in [3.05, 3.63) is 50.8 Å². The van der Waals surface area contributed by atoms with E-state index in [0.717, 1.165) is 16.9 Å². The second kappa shape index (κ2) is 7.33. The molecule has 134 valence electrons. The summed E-state index contributed by atoms with van der Waals surface area (Å²) in [5, 5.41) is 17.9. The zero-order valence-electron chi connectivity index (χ0n) is 15.0. The Morgan fingerprint density at radius 3 is 2.52 bits per heavy atom. The number of rotatable bonds is 6. The van der Waals surface area contributed by atoms with Gasteiger partial charge in [0.1, 0.15) is 18.1 Å². The zero-order chi connectivity index (χ0) is 18.7. The second-order valence-electron chi connectivity index (χ2n) is 6.07. The molecular formula is C17H22N4O4. The number of benzene rings is 1. The van der Waals surface area contributed by atoms with Crippen molar-refractivity contribution in [1.29, 1.82) is 0 Å². The van der Waals surface area contributed by atoms with Gasteiger partial charge in [-0.2, -0.15) is 5.10 Å². The molecule has 0 saturated carbocycles. The number of amides is 1. The van der Waals surface area contributed by atoms with Crippen LogP contribution in [0.4, 0.5) is 5.69 Å². The summed E-state index contributed by atoms with van der Waals surface area (Å²) in [6.45, 7) is 7.44. The van der Waals surface area contributed by atoms with Crippen LogP contribution in [0.15, 0.2) is 18.2 Å². The number of nitro groups is 1. The summed E-state index contributed by atoms with van der Waals surface area (Å²) >= 11 is 0. The fourth-order valence-corrected chi connectivity index (χ4v) is 2.69. The normalized spacial score (nSPS) is 11.9. The molecule has 0 aliphatic carbocycles. The molecule has 2 rings (SSSR count). The van der Waals surface area contributed by atoms with Crippen molar-refractivity contribution in [2.24, 2.45) is 7.05 Å². The Balaban J connectivity index is 2.08. The minimum atomic E-state index is -0.588. The minimum absolute atomic E-state index is 0.0681. The Bertz CT molecular complexity index is 793. The van der Waals surface area contributed by atoms with Crippen molar-refractivity contribution < 1.29 is 14.5 Å². The van der Waals surface area contributed by atoms with Gasteiger partial charge in [-0.15, -0.1) is 0 Å². The third kappa shape index (κ3) is 3.96. The number of nitrogens with zero attached hydrogens (tertiary/aromatic N) is 3. The number of nitrogens with one attached hydrogen (secondary N) is 1. The van der Waals surface area contributed by atoms with Gasteiger partial charge in [0, 0.05) is 7.05 Å². The SMILES string of the molecule is Cc1cccc(C)c1OC[C@H](C)NC(=O)c1c([N+](=O)[O-])c(C)nn1C. The van der Waals surface area contributed by atoms with Crippen LogP contribution in [-0.4, -0.2) is 33.3 Å². The Kier molecular flexibility index (Phi) is 5.41. The van der Waals surface area contributed by atoms with E-state index in [2.05, 4.69) is 10.4 Å². The Labute approximate surface area is 145 Å². The van der Waals surface area contributed by atoms with E-state index in [1.54, 1.807) is 6.92 Å². The first-order valence-electron chi connectivity index (χ1n) is 7.90. The van der Waals surface area contributed by atoms with Gasteiger partial charge in [-0.3, -0.25) is 19.6 Å². The molecule has 1 aromatic heterocycles. The first-order chi connectivity index (χ1) is 11.7. The maximum Gasteiger partial charge on any atom is 0.322 e. The highest BCUT2D eigenvalue weighted by Crippen LogP contribution is 2.23. The van der Waals surface area contributed by atoms with Crippen LogP contribution in [0.2, 0.25) is 0 Å². The van der Waals surface area contributed by atoms with E-state index in [4.69, 9.17) is 4.74 Å². The molecule has 25 heavy (non-hydrogen) atoms. The molecule has 8 nitrogen and oxygen atoms in total. The van der Waals surface area contributed by atoms with Gasteiger partial charge in [-0.1, -0.05) is 18.2 Å². The average Bonchev–Trinajstić information content (AvgIpc) is 2.81. The number of hydrogen-bond donors (Lipinski definition) is 1. The number of carbonyl (C=O) groups excluding carboxylic acids is 1. The first-order valence-corrected chi connectivity index (χ1v) is 7.90. The number of aromatic nitrogens is 2. The summed E-state index contributed by atoms with van der Waals surface area (Å²) in [5.41, 5.74) is 1.88. The third-order valence-electron chi connectivity index (χ3n) is 3.85. The van der Waals surface area contributed by atoms with Crippen molar-refractivity contribution in [2.45, 2.75) is 33.7 Å². The predicted octanol–water partition coefficient (Wildman–Crippen LogP) is 2.45. The molecule has 0 saturated heterocycles. The highest BCUT2D eigenvalue weighted by Gasteiger charge is 2.29. The van der Waals surface area contributed by atoms with Crippen molar-refractivity contribution >= 4 is 11.6 Å². The van der Waals surface area contributed by atoms with Crippen molar-refractivity contribution in [1.82, 2.24) is 15.1 Å². The molecule has 0 fully saturated rings. The van der Waals surface area contributed by atoms with Crippen molar-refractivity contribution in [3.63, 3.8) is 0 Å². The minimum Gasteiger partial charge on any atom is -0.491 e. The first kappa shape index (κ1) is 18.4. The summed E-state index contributed by atoms with van der Waals surface area (Å²) in [6, 6.07) is 5.52. The number of ether oxygens (including phenoxy) is 1. The molecule has 2 aromatic rings. The number of aryl methyl sites for hydroxylation is 4. The summed E-state index contributed by atoms with van der Waals surface area (Å²) in [4.78, 5) is 23.0. The molecular weight excluding hydrogens is 324 g/mol. The highest BCUT2D eigenvalue weighted by molar-refractivity contribution is 5.97. The lowest BCUT2D eigenvalue weighted by Gasteiger charge is -2.17. The van der Waals surface area contributed by atoms with Gasteiger partial charge in [0.2, 0.25) is 5.69 Å². The van der Waals surface area contributed by atoms with Crippen molar-refractivity contribution in [2.75, 3.05) is 6.61 Å². The molecule has 0 unspecified atom stereocenters. The van der Waals surface area contributed by atoms with E-state index in [1.165, 1.54) is 18.7 Å². The van der Waals surface area contributed by atoms with E-state index >= 15 is 0 Å². The van der Waals surface area contributed by atoms with Crippen LogP contribution < -0.4 is 10.1 Å². The molecule has 1 heterocycles. The van der Waals surface area contributed by atoms with Crippen molar-refractivity contribution in [3.8, 4) is 5.75 Å². The Hall–Kier alpha value is -2.90. The molecule has 0 aliphatic heterocycles. The monoisotopic (exact) mass is 346 g/mol. The predicted molar refractivity (Wildman–Crippen MR) is 92.9 cm³/mol. The maximum atomic E-state index is 12.4. The van der Waals surface area contributed by atoms with Crippen LogP contribution >= 0.6 is 0 Å². The van der Waals surface area contributed by atoms with Crippen LogP contribution in [0.3, 0.4) is 0 Å². The van der Waals surface area contributed by atoms with Gasteiger partial charge < -0.3 is 10.1 Å². The van der Waals surface area contributed by atoms with E-state index in [1.807, 2.05) is 32.0 Å². The van der Waals surface area contributed by atoms with Gasteiger partial charge in [0.25, 0.3) is 5.91 Å². The molecule has 0 aliphatic rings. The Morgan fingerprint density at radius 2 is 1.96 bits per heavy atom. The number of hydrogen-bond acceptors (Lipinski definition) is 5. The molecule has 0 spiro atoms. The summed E-state index contributed by atoms with van der Waals surface area (Å²) in [7, 11) is 1.51.